The number of para-hydroxylation sites is 2. The molecule has 0 bridgehead atoms. The van der Waals surface area contributed by atoms with E-state index in [4.69, 9.17) is 39.5 Å². The molecule has 2 N–H and O–H groups in total. The zero-order valence-electron chi connectivity index (χ0n) is 12.1. The lowest BCUT2D eigenvalue weighted by Gasteiger charge is -2.11. The summed E-state index contributed by atoms with van der Waals surface area (Å²) in [6.07, 6.45) is 0.634. The van der Waals surface area contributed by atoms with Gasteiger partial charge in [0.25, 0.3) is 0 Å². The molecule has 0 aromatic heterocycles. The first-order chi connectivity index (χ1) is 11.1. The highest BCUT2D eigenvalue weighted by atomic mass is 35.5. The van der Waals surface area contributed by atoms with Crippen LogP contribution in [0.4, 0.5) is 10.5 Å². The van der Waals surface area contributed by atoms with E-state index in [1.165, 1.54) is 0 Å². The molecule has 2 rings (SSSR count). The lowest BCUT2D eigenvalue weighted by atomic mass is 10.3. The minimum absolute atomic E-state index is 0.377. The van der Waals surface area contributed by atoms with Crippen molar-refractivity contribution >= 4 is 46.5 Å². The first-order valence-electron chi connectivity index (χ1n) is 6.94. The second-order valence-electron chi connectivity index (χ2n) is 4.61. The van der Waals surface area contributed by atoms with Crippen LogP contribution < -0.4 is 15.4 Å². The van der Waals surface area contributed by atoms with Crippen LogP contribution in [0.1, 0.15) is 6.42 Å². The highest BCUT2D eigenvalue weighted by Gasteiger charge is 2.08. The van der Waals surface area contributed by atoms with Crippen LogP contribution in [0.15, 0.2) is 42.5 Å². The molecule has 2 amide bonds. The second-order valence-corrected chi connectivity index (χ2v) is 5.83. The maximum atomic E-state index is 11.8. The standard InChI is InChI=1S/C16H15Cl3N2O2/c17-11-5-1-2-8-14(11)23-10-4-9-20-16(22)21-15-12(18)6-3-7-13(15)19/h1-3,5-8H,4,9-10H2,(H2,20,21,22). The summed E-state index contributed by atoms with van der Waals surface area (Å²) >= 11 is 17.9. The molecule has 0 aliphatic rings. The van der Waals surface area contributed by atoms with Gasteiger partial charge in [0, 0.05) is 6.54 Å². The van der Waals surface area contributed by atoms with E-state index in [2.05, 4.69) is 10.6 Å². The fourth-order valence-electron chi connectivity index (χ4n) is 1.79. The number of urea groups is 1. The summed E-state index contributed by atoms with van der Waals surface area (Å²) in [6, 6.07) is 11.9. The normalized spacial score (nSPS) is 10.2. The summed E-state index contributed by atoms with van der Waals surface area (Å²) in [5.74, 6) is 0.626. The molecule has 0 fully saturated rings. The first kappa shape index (κ1) is 17.7. The maximum absolute atomic E-state index is 11.8. The molecule has 0 saturated heterocycles. The van der Waals surface area contributed by atoms with Gasteiger partial charge in [-0.2, -0.15) is 0 Å². The van der Waals surface area contributed by atoms with Gasteiger partial charge in [0.15, 0.2) is 0 Å². The van der Waals surface area contributed by atoms with Crippen LogP contribution in [0.2, 0.25) is 15.1 Å². The lowest BCUT2D eigenvalue weighted by molar-refractivity contribution is 0.250. The van der Waals surface area contributed by atoms with Crippen molar-refractivity contribution in [3.63, 3.8) is 0 Å². The van der Waals surface area contributed by atoms with Gasteiger partial charge in [-0.1, -0.05) is 53.0 Å². The molecule has 23 heavy (non-hydrogen) atoms. The largest absolute Gasteiger partial charge is 0.492 e. The van der Waals surface area contributed by atoms with Crippen molar-refractivity contribution in [1.29, 1.82) is 0 Å². The van der Waals surface area contributed by atoms with Gasteiger partial charge in [0.1, 0.15) is 5.75 Å². The van der Waals surface area contributed by atoms with E-state index in [0.29, 0.717) is 46.1 Å². The van der Waals surface area contributed by atoms with E-state index in [9.17, 15) is 4.79 Å². The number of hydrogen-bond acceptors (Lipinski definition) is 2. The van der Waals surface area contributed by atoms with Gasteiger partial charge in [0.05, 0.1) is 27.4 Å². The van der Waals surface area contributed by atoms with E-state index >= 15 is 0 Å². The average Bonchev–Trinajstić information content (AvgIpc) is 2.52. The Bertz CT molecular complexity index is 660. The molecule has 0 aliphatic heterocycles. The average molecular weight is 374 g/mol. The number of hydrogen-bond donors (Lipinski definition) is 2. The number of amides is 2. The Morgan fingerprint density at radius 1 is 0.957 bits per heavy atom. The molecule has 0 spiro atoms. The lowest BCUT2D eigenvalue weighted by Crippen LogP contribution is -2.30. The zero-order valence-corrected chi connectivity index (χ0v) is 14.4. The minimum Gasteiger partial charge on any atom is -0.492 e. The number of nitrogens with one attached hydrogen (secondary N) is 2. The predicted molar refractivity (Wildman–Crippen MR) is 95.0 cm³/mol. The van der Waals surface area contributed by atoms with Crippen molar-refractivity contribution in [2.75, 3.05) is 18.5 Å². The third kappa shape index (κ3) is 5.50. The Morgan fingerprint density at radius 2 is 1.61 bits per heavy atom. The zero-order chi connectivity index (χ0) is 16.7. The number of ether oxygens (including phenoxy) is 1. The molecule has 2 aromatic carbocycles. The van der Waals surface area contributed by atoms with Crippen LogP contribution in [0.5, 0.6) is 5.75 Å². The third-order valence-corrected chi connectivity index (χ3v) is 3.84. The Labute approximate surface area is 149 Å². The number of carbonyl (C=O) groups is 1. The van der Waals surface area contributed by atoms with Gasteiger partial charge in [-0.3, -0.25) is 0 Å². The maximum Gasteiger partial charge on any atom is 0.319 e. The predicted octanol–water partition coefficient (Wildman–Crippen LogP) is 5.24. The smallest absolute Gasteiger partial charge is 0.319 e. The topological polar surface area (TPSA) is 50.4 Å². The van der Waals surface area contributed by atoms with Crippen molar-refractivity contribution in [3.05, 3.63) is 57.5 Å². The summed E-state index contributed by atoms with van der Waals surface area (Å²) in [7, 11) is 0. The summed E-state index contributed by atoms with van der Waals surface area (Å²) in [6.45, 7) is 0.884. The fraction of sp³-hybridized carbons (Fsp3) is 0.188. The van der Waals surface area contributed by atoms with Crippen LogP contribution in [-0.4, -0.2) is 19.2 Å². The molecule has 0 aliphatic carbocycles. The summed E-state index contributed by atoms with van der Waals surface area (Å²) < 4.78 is 5.53. The number of benzene rings is 2. The molecule has 7 heteroatoms. The molecule has 122 valence electrons. The van der Waals surface area contributed by atoms with Crippen LogP contribution >= 0.6 is 34.8 Å². The van der Waals surface area contributed by atoms with E-state index < -0.39 is 0 Å². The molecule has 0 saturated carbocycles. The van der Waals surface area contributed by atoms with Crippen LogP contribution in [0, 0.1) is 0 Å². The van der Waals surface area contributed by atoms with Gasteiger partial charge >= 0.3 is 6.03 Å². The van der Waals surface area contributed by atoms with E-state index in [-0.39, 0.29) is 6.03 Å². The quantitative estimate of drug-likeness (QED) is 0.681. The van der Waals surface area contributed by atoms with Crippen molar-refractivity contribution in [2.45, 2.75) is 6.42 Å². The van der Waals surface area contributed by atoms with E-state index in [1.54, 1.807) is 30.3 Å². The number of anilines is 1. The summed E-state index contributed by atoms with van der Waals surface area (Å²) in [5.41, 5.74) is 0.389. The van der Waals surface area contributed by atoms with Gasteiger partial charge < -0.3 is 15.4 Å². The van der Waals surface area contributed by atoms with Crippen LogP contribution in [0.25, 0.3) is 0 Å². The van der Waals surface area contributed by atoms with Crippen molar-refractivity contribution in [3.8, 4) is 5.75 Å². The Hall–Kier alpha value is -1.62. The van der Waals surface area contributed by atoms with Crippen LogP contribution in [0.3, 0.4) is 0 Å². The number of carbonyl (C=O) groups excluding carboxylic acids is 1. The molecular weight excluding hydrogens is 359 g/mol. The molecule has 0 radical (unpaired) electrons. The molecule has 0 atom stereocenters. The molecule has 0 unspecified atom stereocenters. The minimum atomic E-state index is -0.377. The number of rotatable bonds is 6. The second kappa shape index (κ2) is 8.87. The van der Waals surface area contributed by atoms with Gasteiger partial charge in [-0.15, -0.1) is 0 Å². The van der Waals surface area contributed by atoms with Gasteiger partial charge in [-0.25, -0.2) is 4.79 Å². The van der Waals surface area contributed by atoms with E-state index in [1.807, 2.05) is 12.1 Å². The summed E-state index contributed by atoms with van der Waals surface area (Å²) in [4.78, 5) is 11.8. The number of halogens is 3. The molecular formula is C16H15Cl3N2O2. The van der Waals surface area contributed by atoms with Crippen LogP contribution in [-0.2, 0) is 0 Å². The molecule has 0 heterocycles. The summed E-state index contributed by atoms with van der Waals surface area (Å²) in [5, 5.41) is 6.66. The highest BCUT2D eigenvalue weighted by molar-refractivity contribution is 6.39. The van der Waals surface area contributed by atoms with Crippen molar-refractivity contribution in [2.24, 2.45) is 0 Å². The van der Waals surface area contributed by atoms with Crippen molar-refractivity contribution in [1.82, 2.24) is 5.32 Å². The first-order valence-corrected chi connectivity index (χ1v) is 8.07. The van der Waals surface area contributed by atoms with Crippen molar-refractivity contribution < 1.29 is 9.53 Å². The SMILES string of the molecule is O=C(NCCCOc1ccccc1Cl)Nc1c(Cl)cccc1Cl. The van der Waals surface area contributed by atoms with Gasteiger partial charge in [0.2, 0.25) is 0 Å². The monoisotopic (exact) mass is 372 g/mol. The fourth-order valence-corrected chi connectivity index (χ4v) is 2.48. The Kier molecular flexibility index (Phi) is 6.84. The Balaban J connectivity index is 1.70. The molecule has 4 nitrogen and oxygen atoms in total. The highest BCUT2D eigenvalue weighted by Crippen LogP contribution is 2.29. The van der Waals surface area contributed by atoms with E-state index in [0.717, 1.165) is 0 Å². The third-order valence-electron chi connectivity index (χ3n) is 2.90. The molecule has 2 aromatic rings. The van der Waals surface area contributed by atoms with Gasteiger partial charge in [-0.05, 0) is 30.7 Å². The Morgan fingerprint density at radius 3 is 2.30 bits per heavy atom.